The number of halogens is 3. The lowest BCUT2D eigenvalue weighted by molar-refractivity contribution is -0.137. The number of rotatable bonds is 6. The Morgan fingerprint density at radius 1 is 1.28 bits per heavy atom. The van der Waals surface area contributed by atoms with Gasteiger partial charge in [-0.05, 0) is 43.3 Å². The second-order valence-corrected chi connectivity index (χ2v) is 6.22. The Balaban J connectivity index is 1.91. The number of hydrogen-bond acceptors (Lipinski definition) is 5. The molecule has 3 N–H and O–H groups in total. The molecule has 0 aliphatic rings. The number of pyridine rings is 1. The summed E-state index contributed by atoms with van der Waals surface area (Å²) in [6, 6.07) is 6.87. The van der Waals surface area contributed by atoms with Crippen molar-refractivity contribution in [1.29, 1.82) is 0 Å². The van der Waals surface area contributed by atoms with Gasteiger partial charge in [0.2, 0.25) is 5.88 Å². The molecule has 2 aromatic heterocycles. The van der Waals surface area contributed by atoms with Crippen molar-refractivity contribution in [1.82, 2.24) is 20.5 Å². The van der Waals surface area contributed by atoms with E-state index >= 15 is 0 Å². The van der Waals surface area contributed by atoms with E-state index in [2.05, 4.69) is 20.5 Å². The number of hydrogen-bond donors (Lipinski definition) is 3. The average molecular weight is 406 g/mol. The Morgan fingerprint density at radius 2 is 2.00 bits per heavy atom. The van der Waals surface area contributed by atoms with E-state index in [-0.39, 0.29) is 23.8 Å². The molecular weight excluding hydrogens is 389 g/mol. The number of nitrogens with zero attached hydrogens (tertiary/aromatic N) is 2. The maximum absolute atomic E-state index is 12.7. The van der Waals surface area contributed by atoms with Crippen LogP contribution in [0.5, 0.6) is 11.6 Å². The fraction of sp³-hybridized carbons (Fsp3) is 0.211. The van der Waals surface area contributed by atoms with Gasteiger partial charge in [0.1, 0.15) is 5.75 Å². The van der Waals surface area contributed by atoms with Gasteiger partial charge in [0.05, 0.1) is 29.0 Å². The molecule has 0 bridgehead atoms. The zero-order chi connectivity index (χ0) is 21.0. The number of ether oxygens (including phenoxy) is 1. The van der Waals surface area contributed by atoms with Crippen LogP contribution in [-0.2, 0) is 6.18 Å². The average Bonchev–Trinajstić information content (AvgIpc) is 3.22. The van der Waals surface area contributed by atoms with Crippen LogP contribution in [0.1, 0.15) is 22.8 Å². The Hall–Kier alpha value is -3.40. The van der Waals surface area contributed by atoms with Gasteiger partial charge in [0.15, 0.2) is 0 Å². The third-order valence-electron chi connectivity index (χ3n) is 3.94. The number of alkyl halides is 3. The molecule has 152 valence electrons. The van der Waals surface area contributed by atoms with Gasteiger partial charge >= 0.3 is 6.18 Å². The number of carbonyl (C=O) groups excluding carboxylic acids is 1. The maximum atomic E-state index is 12.7. The summed E-state index contributed by atoms with van der Waals surface area (Å²) in [7, 11) is 0. The number of H-pyrrole nitrogens is 1. The van der Waals surface area contributed by atoms with Crippen molar-refractivity contribution < 1.29 is 27.8 Å². The molecule has 3 rings (SSSR count). The molecule has 1 amide bonds. The highest BCUT2D eigenvalue weighted by Crippen LogP contribution is 2.34. The van der Waals surface area contributed by atoms with Crippen LogP contribution in [0, 0.1) is 0 Å². The van der Waals surface area contributed by atoms with E-state index in [0.717, 1.165) is 12.1 Å². The van der Waals surface area contributed by atoms with E-state index < -0.39 is 23.7 Å². The second-order valence-electron chi connectivity index (χ2n) is 6.22. The summed E-state index contributed by atoms with van der Waals surface area (Å²) in [5, 5.41) is 18.4. The molecule has 7 nitrogen and oxygen atoms in total. The lowest BCUT2D eigenvalue weighted by Crippen LogP contribution is -2.35. The molecule has 1 aromatic carbocycles. The Bertz CT molecular complexity index is 973. The first-order valence-electron chi connectivity index (χ1n) is 8.55. The highest BCUT2D eigenvalue weighted by molar-refractivity contribution is 5.95. The van der Waals surface area contributed by atoms with Crippen molar-refractivity contribution in [2.75, 3.05) is 6.61 Å². The molecule has 10 heteroatoms. The standard InChI is InChI=1S/C19H17F3N4O3/c1-11(10-27)25-17(28)12-8-15(16-6-7-24-26-16)18(23-9-12)29-14-4-2-13(3-5-14)19(20,21)22/h2-9,11,27H,10H2,1H3,(H,24,26)(H,25,28)/t11-/m1/s1. The van der Waals surface area contributed by atoms with E-state index in [0.29, 0.717) is 11.3 Å². The fourth-order valence-electron chi connectivity index (χ4n) is 2.43. The van der Waals surface area contributed by atoms with Crippen molar-refractivity contribution >= 4 is 5.91 Å². The number of nitrogens with one attached hydrogen (secondary N) is 2. The van der Waals surface area contributed by atoms with E-state index in [4.69, 9.17) is 9.84 Å². The van der Waals surface area contributed by atoms with Crippen LogP contribution in [0.25, 0.3) is 11.3 Å². The van der Waals surface area contributed by atoms with Crippen molar-refractivity contribution in [3.63, 3.8) is 0 Å². The highest BCUT2D eigenvalue weighted by atomic mass is 19.4. The normalized spacial score (nSPS) is 12.4. The summed E-state index contributed by atoms with van der Waals surface area (Å²) in [6.45, 7) is 1.42. The quantitative estimate of drug-likeness (QED) is 0.583. The van der Waals surface area contributed by atoms with Gasteiger partial charge in [-0.25, -0.2) is 4.98 Å². The molecular formula is C19H17F3N4O3. The van der Waals surface area contributed by atoms with Crippen LogP contribution in [-0.4, -0.2) is 38.8 Å². The van der Waals surface area contributed by atoms with Gasteiger partial charge in [0.25, 0.3) is 5.91 Å². The van der Waals surface area contributed by atoms with Crippen molar-refractivity contribution in [2.24, 2.45) is 0 Å². The van der Waals surface area contributed by atoms with Gasteiger partial charge in [-0.1, -0.05) is 0 Å². The molecule has 0 aliphatic carbocycles. The van der Waals surface area contributed by atoms with Crippen LogP contribution in [0.4, 0.5) is 13.2 Å². The minimum absolute atomic E-state index is 0.0728. The molecule has 1 atom stereocenters. The third kappa shape index (κ3) is 4.91. The minimum Gasteiger partial charge on any atom is -0.438 e. The summed E-state index contributed by atoms with van der Waals surface area (Å²) in [5.74, 6) is -0.228. The number of benzene rings is 1. The van der Waals surface area contributed by atoms with Gasteiger partial charge in [0, 0.05) is 18.4 Å². The molecule has 2 heterocycles. The summed E-state index contributed by atoms with van der Waals surface area (Å²) in [5.41, 5.74) is 0.221. The van der Waals surface area contributed by atoms with Crippen molar-refractivity contribution in [3.05, 3.63) is 59.9 Å². The van der Waals surface area contributed by atoms with E-state index in [1.165, 1.54) is 24.4 Å². The third-order valence-corrected chi connectivity index (χ3v) is 3.94. The predicted molar refractivity (Wildman–Crippen MR) is 97.4 cm³/mol. The maximum Gasteiger partial charge on any atom is 0.416 e. The first kappa shape index (κ1) is 20.3. The molecule has 29 heavy (non-hydrogen) atoms. The fourth-order valence-corrected chi connectivity index (χ4v) is 2.43. The molecule has 0 saturated heterocycles. The van der Waals surface area contributed by atoms with Crippen LogP contribution < -0.4 is 10.1 Å². The van der Waals surface area contributed by atoms with Crippen LogP contribution in [0.2, 0.25) is 0 Å². The van der Waals surface area contributed by atoms with Crippen molar-refractivity contribution in [3.8, 4) is 22.9 Å². The Morgan fingerprint density at radius 3 is 2.59 bits per heavy atom. The SMILES string of the molecule is C[C@H](CO)NC(=O)c1cnc(Oc2ccc(C(F)(F)F)cc2)c(-c2cc[nH]n2)c1. The number of carbonyl (C=O) groups is 1. The molecule has 0 radical (unpaired) electrons. The van der Waals surface area contributed by atoms with Gasteiger partial charge < -0.3 is 15.2 Å². The van der Waals surface area contributed by atoms with E-state index in [9.17, 15) is 18.0 Å². The zero-order valence-corrected chi connectivity index (χ0v) is 15.2. The molecule has 0 fully saturated rings. The predicted octanol–water partition coefficient (Wildman–Crippen LogP) is 3.39. The zero-order valence-electron chi connectivity index (χ0n) is 15.2. The molecule has 0 aliphatic heterocycles. The summed E-state index contributed by atoms with van der Waals surface area (Å²) in [6.07, 6.45) is -1.61. The smallest absolute Gasteiger partial charge is 0.416 e. The number of aliphatic hydroxyl groups excluding tert-OH is 1. The topological polar surface area (TPSA) is 100 Å². The Labute approximate surface area is 163 Å². The molecule has 0 unspecified atom stereocenters. The molecule has 3 aromatic rings. The summed E-state index contributed by atoms with van der Waals surface area (Å²) >= 11 is 0. The van der Waals surface area contributed by atoms with Crippen molar-refractivity contribution in [2.45, 2.75) is 19.1 Å². The number of aromatic amines is 1. The second kappa shape index (κ2) is 8.31. The minimum atomic E-state index is -4.45. The van der Waals surface area contributed by atoms with Crippen LogP contribution >= 0.6 is 0 Å². The Kier molecular flexibility index (Phi) is 5.83. The molecule has 0 spiro atoms. The van der Waals surface area contributed by atoms with E-state index in [1.807, 2.05) is 0 Å². The first-order chi connectivity index (χ1) is 13.8. The number of aromatic nitrogens is 3. The summed E-state index contributed by atoms with van der Waals surface area (Å²) in [4.78, 5) is 16.4. The first-order valence-corrected chi connectivity index (χ1v) is 8.55. The summed E-state index contributed by atoms with van der Waals surface area (Å²) < 4.78 is 43.8. The van der Waals surface area contributed by atoms with Gasteiger partial charge in [-0.2, -0.15) is 18.3 Å². The lowest BCUT2D eigenvalue weighted by Gasteiger charge is -2.13. The molecule has 0 saturated carbocycles. The van der Waals surface area contributed by atoms with Gasteiger partial charge in [-0.3, -0.25) is 9.89 Å². The van der Waals surface area contributed by atoms with Crippen LogP contribution in [0.15, 0.2) is 48.8 Å². The van der Waals surface area contributed by atoms with Gasteiger partial charge in [-0.15, -0.1) is 0 Å². The monoisotopic (exact) mass is 406 g/mol. The number of aliphatic hydroxyl groups is 1. The number of amides is 1. The van der Waals surface area contributed by atoms with E-state index in [1.54, 1.807) is 19.2 Å². The largest absolute Gasteiger partial charge is 0.438 e. The lowest BCUT2D eigenvalue weighted by atomic mass is 10.1. The highest BCUT2D eigenvalue weighted by Gasteiger charge is 2.30. The van der Waals surface area contributed by atoms with Crippen LogP contribution in [0.3, 0.4) is 0 Å².